The molecule has 2 aromatic rings. The molecule has 1 aromatic heterocycles. The minimum Gasteiger partial charge on any atom is -0.328 e. The molecule has 0 N–H and O–H groups in total. The van der Waals surface area contributed by atoms with Gasteiger partial charge in [-0.1, -0.05) is 11.6 Å². The van der Waals surface area contributed by atoms with Gasteiger partial charge in [-0.05, 0) is 6.07 Å². The summed E-state index contributed by atoms with van der Waals surface area (Å²) in [6.07, 6.45) is -4.98. The van der Waals surface area contributed by atoms with Gasteiger partial charge >= 0.3 is 6.18 Å². The molecule has 1 heterocycles. The van der Waals surface area contributed by atoms with Gasteiger partial charge in [-0.25, -0.2) is 9.37 Å². The molecule has 0 bridgehead atoms. The normalized spacial score (nSPS) is 12.3. The van der Waals surface area contributed by atoms with Gasteiger partial charge in [-0.2, -0.15) is 13.2 Å². The van der Waals surface area contributed by atoms with Crippen LogP contribution in [-0.4, -0.2) is 21.6 Å². The van der Waals surface area contributed by atoms with Crippen molar-refractivity contribution in [1.82, 2.24) is 9.55 Å². The molecule has 0 saturated carbocycles. The maximum atomic E-state index is 13.4. The van der Waals surface area contributed by atoms with Crippen LogP contribution in [0.2, 0.25) is 5.02 Å². The molecule has 2 nitrogen and oxygen atoms in total. The summed E-state index contributed by atoms with van der Waals surface area (Å²) >= 11 is 11.3. The van der Waals surface area contributed by atoms with E-state index in [9.17, 15) is 17.6 Å². The number of rotatable bonds is 4. The molecule has 0 unspecified atom stereocenters. The highest BCUT2D eigenvalue weighted by atomic mass is 35.5. The fourth-order valence-corrected chi connectivity index (χ4v) is 2.26. The number of nitrogens with zero attached hydrogens (tertiary/aromatic N) is 2. The highest BCUT2D eigenvalue weighted by Gasteiger charge is 2.27. The van der Waals surface area contributed by atoms with E-state index in [4.69, 9.17) is 23.2 Å². The Balaban J connectivity index is 2.47. The van der Waals surface area contributed by atoms with Crippen molar-refractivity contribution < 1.29 is 17.6 Å². The van der Waals surface area contributed by atoms with Gasteiger partial charge in [-0.15, -0.1) is 11.6 Å². The van der Waals surface area contributed by atoms with Crippen molar-refractivity contribution >= 4 is 34.2 Å². The van der Waals surface area contributed by atoms with E-state index in [0.29, 0.717) is 17.8 Å². The first kappa shape index (κ1) is 15.4. The van der Waals surface area contributed by atoms with E-state index in [1.165, 1.54) is 10.6 Å². The topological polar surface area (TPSA) is 17.8 Å². The molecule has 1 aromatic carbocycles. The second-order valence-corrected chi connectivity index (χ2v) is 5.02. The molecule has 0 atom stereocenters. The molecule has 8 heteroatoms. The molecule has 0 aliphatic heterocycles. The predicted octanol–water partition coefficient (Wildman–Crippen LogP) is 4.56. The monoisotopic (exact) mass is 328 g/mol. The SMILES string of the molecule is Fc1cc2nc(CCCl)n(CCC(F)(F)F)c2cc1Cl. The van der Waals surface area contributed by atoms with Crippen molar-refractivity contribution in [1.29, 1.82) is 0 Å². The molecule has 0 aliphatic rings. The van der Waals surface area contributed by atoms with Crippen molar-refractivity contribution in [2.45, 2.75) is 25.6 Å². The lowest BCUT2D eigenvalue weighted by Crippen LogP contribution is -2.14. The van der Waals surface area contributed by atoms with Gasteiger partial charge in [0.2, 0.25) is 0 Å². The van der Waals surface area contributed by atoms with E-state index in [-0.39, 0.29) is 23.0 Å². The zero-order valence-electron chi connectivity index (χ0n) is 10.1. The third-order valence-electron chi connectivity index (χ3n) is 2.81. The number of hydrogen-bond acceptors (Lipinski definition) is 1. The maximum absolute atomic E-state index is 13.4. The van der Waals surface area contributed by atoms with Crippen LogP contribution in [0.5, 0.6) is 0 Å². The number of aryl methyl sites for hydroxylation is 2. The Morgan fingerprint density at radius 1 is 1.25 bits per heavy atom. The Kier molecular flexibility index (Phi) is 4.44. The standard InChI is InChI=1S/C12H10Cl2F4N2/c13-3-1-11-19-9-6-8(15)7(14)5-10(9)20(11)4-2-12(16,17)18/h5-6H,1-4H2. The van der Waals surface area contributed by atoms with Crippen molar-refractivity contribution in [3.8, 4) is 0 Å². The van der Waals surface area contributed by atoms with E-state index in [1.807, 2.05) is 0 Å². The molecular weight excluding hydrogens is 319 g/mol. The summed E-state index contributed by atoms with van der Waals surface area (Å²) in [5.74, 6) is -0.0519. The van der Waals surface area contributed by atoms with Crippen molar-refractivity contribution in [2.24, 2.45) is 0 Å². The largest absolute Gasteiger partial charge is 0.390 e. The van der Waals surface area contributed by atoms with Crippen molar-refractivity contribution in [2.75, 3.05) is 5.88 Å². The zero-order valence-corrected chi connectivity index (χ0v) is 11.7. The average molecular weight is 329 g/mol. The summed E-state index contributed by atoms with van der Waals surface area (Å²) in [6.45, 7) is -0.297. The summed E-state index contributed by atoms with van der Waals surface area (Å²) in [4.78, 5) is 4.12. The number of alkyl halides is 4. The third-order valence-corrected chi connectivity index (χ3v) is 3.28. The van der Waals surface area contributed by atoms with Crippen LogP contribution in [0.1, 0.15) is 12.2 Å². The lowest BCUT2D eigenvalue weighted by atomic mass is 10.3. The first-order valence-corrected chi connectivity index (χ1v) is 6.70. The molecule has 20 heavy (non-hydrogen) atoms. The number of imidazole rings is 1. The predicted molar refractivity (Wildman–Crippen MR) is 69.8 cm³/mol. The van der Waals surface area contributed by atoms with Gasteiger partial charge in [0.15, 0.2) is 0 Å². The van der Waals surface area contributed by atoms with Crippen molar-refractivity contribution in [3.05, 3.63) is 28.8 Å². The Bertz CT molecular complexity index is 622. The fraction of sp³-hybridized carbons (Fsp3) is 0.417. The van der Waals surface area contributed by atoms with Crippen LogP contribution in [0.15, 0.2) is 12.1 Å². The van der Waals surface area contributed by atoms with Gasteiger partial charge in [-0.3, -0.25) is 0 Å². The van der Waals surface area contributed by atoms with Crippen LogP contribution in [0.4, 0.5) is 17.6 Å². The smallest absolute Gasteiger partial charge is 0.328 e. The Morgan fingerprint density at radius 2 is 1.95 bits per heavy atom. The van der Waals surface area contributed by atoms with Gasteiger partial charge in [0.25, 0.3) is 0 Å². The van der Waals surface area contributed by atoms with Gasteiger partial charge in [0.05, 0.1) is 22.5 Å². The van der Waals surface area contributed by atoms with Gasteiger partial charge in [0, 0.05) is 24.9 Å². The number of halogens is 6. The van der Waals surface area contributed by atoms with Crippen LogP contribution in [-0.2, 0) is 13.0 Å². The Morgan fingerprint density at radius 3 is 2.55 bits per heavy atom. The van der Waals surface area contributed by atoms with Crippen LogP contribution >= 0.6 is 23.2 Å². The lowest BCUT2D eigenvalue weighted by Gasteiger charge is -2.10. The number of fused-ring (bicyclic) bond motifs is 1. The van der Waals surface area contributed by atoms with E-state index < -0.39 is 18.4 Å². The second kappa shape index (κ2) is 5.77. The Hall–Kier alpha value is -1.01. The van der Waals surface area contributed by atoms with Crippen LogP contribution < -0.4 is 0 Å². The molecule has 0 radical (unpaired) electrons. The van der Waals surface area contributed by atoms with Gasteiger partial charge in [0.1, 0.15) is 11.6 Å². The van der Waals surface area contributed by atoms with E-state index >= 15 is 0 Å². The van der Waals surface area contributed by atoms with Crippen LogP contribution in [0.3, 0.4) is 0 Å². The van der Waals surface area contributed by atoms with E-state index in [2.05, 4.69) is 4.98 Å². The molecule has 0 amide bonds. The zero-order chi connectivity index (χ0) is 14.9. The summed E-state index contributed by atoms with van der Waals surface area (Å²) < 4.78 is 51.8. The third kappa shape index (κ3) is 3.35. The molecule has 0 saturated heterocycles. The summed E-state index contributed by atoms with van der Waals surface area (Å²) in [5, 5.41) is -0.150. The van der Waals surface area contributed by atoms with Gasteiger partial charge < -0.3 is 4.57 Å². The number of aromatic nitrogens is 2. The summed E-state index contributed by atoms with van der Waals surface area (Å²) in [7, 11) is 0. The minimum atomic E-state index is -4.28. The number of hydrogen-bond donors (Lipinski definition) is 0. The average Bonchev–Trinajstić information content (AvgIpc) is 2.64. The quantitative estimate of drug-likeness (QED) is 0.594. The highest BCUT2D eigenvalue weighted by Crippen LogP contribution is 2.27. The molecule has 110 valence electrons. The Labute approximate surface area is 122 Å². The molecule has 0 spiro atoms. The first-order valence-electron chi connectivity index (χ1n) is 5.78. The molecule has 0 aliphatic carbocycles. The molecular formula is C12H10Cl2F4N2. The second-order valence-electron chi connectivity index (χ2n) is 4.24. The summed E-state index contributed by atoms with van der Waals surface area (Å²) in [5.41, 5.74) is 0.648. The van der Waals surface area contributed by atoms with Crippen LogP contribution in [0.25, 0.3) is 11.0 Å². The van der Waals surface area contributed by atoms with E-state index in [1.54, 1.807) is 0 Å². The lowest BCUT2D eigenvalue weighted by molar-refractivity contribution is -0.136. The highest BCUT2D eigenvalue weighted by molar-refractivity contribution is 6.31. The van der Waals surface area contributed by atoms with Crippen LogP contribution in [0, 0.1) is 5.82 Å². The fourth-order valence-electron chi connectivity index (χ4n) is 1.93. The molecule has 0 fully saturated rings. The van der Waals surface area contributed by atoms with Crippen molar-refractivity contribution in [3.63, 3.8) is 0 Å². The maximum Gasteiger partial charge on any atom is 0.390 e. The first-order chi connectivity index (χ1) is 9.31. The summed E-state index contributed by atoms with van der Waals surface area (Å²) in [6, 6.07) is 2.40. The number of benzene rings is 1. The molecule has 2 rings (SSSR count). The van der Waals surface area contributed by atoms with E-state index in [0.717, 1.165) is 6.07 Å². The minimum absolute atomic E-state index is 0.150.